The maximum absolute atomic E-state index is 12.6. The molecular formula is C20H16ClNO4S2. The third kappa shape index (κ3) is 4.92. The molecule has 2 aromatic rings. The Labute approximate surface area is 176 Å². The van der Waals surface area contributed by atoms with E-state index in [0.717, 1.165) is 22.9 Å². The van der Waals surface area contributed by atoms with E-state index in [0.29, 0.717) is 26.6 Å². The van der Waals surface area contributed by atoms with Crippen molar-refractivity contribution in [3.05, 3.63) is 69.6 Å². The normalized spacial score (nSPS) is 15.3. The van der Waals surface area contributed by atoms with Crippen molar-refractivity contribution in [2.45, 2.75) is 13.0 Å². The van der Waals surface area contributed by atoms with Crippen molar-refractivity contribution >= 4 is 57.9 Å². The molecule has 0 unspecified atom stereocenters. The zero-order valence-electron chi connectivity index (χ0n) is 14.6. The second-order valence-electron chi connectivity index (χ2n) is 5.89. The SMILES string of the molecule is O=C(O)CCN1C(=O)/C(=C/c2ccccc2OCc2ccccc2Cl)SC1=S. The van der Waals surface area contributed by atoms with Crippen LogP contribution in [0.3, 0.4) is 0 Å². The number of para-hydroxylation sites is 1. The Morgan fingerprint density at radius 1 is 1.21 bits per heavy atom. The van der Waals surface area contributed by atoms with Gasteiger partial charge in [0.05, 0.1) is 11.3 Å². The molecule has 0 spiro atoms. The lowest BCUT2D eigenvalue weighted by Gasteiger charge is -2.12. The fourth-order valence-corrected chi connectivity index (χ4v) is 4.03. The van der Waals surface area contributed by atoms with Gasteiger partial charge in [-0.25, -0.2) is 0 Å². The summed E-state index contributed by atoms with van der Waals surface area (Å²) in [6.07, 6.45) is 1.55. The molecule has 0 atom stereocenters. The van der Waals surface area contributed by atoms with Gasteiger partial charge in [-0.05, 0) is 18.2 Å². The number of thioether (sulfide) groups is 1. The molecule has 1 N–H and O–H groups in total. The summed E-state index contributed by atoms with van der Waals surface area (Å²) < 4.78 is 6.26. The first kappa shape index (κ1) is 20.4. The van der Waals surface area contributed by atoms with E-state index in [4.69, 9.17) is 33.7 Å². The number of rotatable bonds is 7. The smallest absolute Gasteiger partial charge is 0.305 e. The number of amides is 1. The van der Waals surface area contributed by atoms with E-state index in [1.165, 1.54) is 4.90 Å². The molecule has 0 bridgehead atoms. The van der Waals surface area contributed by atoms with E-state index in [9.17, 15) is 9.59 Å². The standard InChI is InChI=1S/C20H16ClNO4S2/c21-15-7-3-1-6-14(15)12-26-16-8-4-2-5-13(16)11-17-19(25)22(20(27)28-17)10-9-18(23)24/h1-8,11H,9-10,12H2,(H,23,24)/b17-11-. The second-order valence-corrected chi connectivity index (χ2v) is 7.98. The summed E-state index contributed by atoms with van der Waals surface area (Å²) in [5.74, 6) is -0.660. The highest BCUT2D eigenvalue weighted by Gasteiger charge is 2.32. The summed E-state index contributed by atoms with van der Waals surface area (Å²) >= 11 is 12.5. The largest absolute Gasteiger partial charge is 0.488 e. The van der Waals surface area contributed by atoms with Crippen molar-refractivity contribution in [2.24, 2.45) is 0 Å². The van der Waals surface area contributed by atoms with Crippen molar-refractivity contribution in [1.82, 2.24) is 4.90 Å². The van der Waals surface area contributed by atoms with Gasteiger partial charge in [-0.15, -0.1) is 0 Å². The zero-order valence-corrected chi connectivity index (χ0v) is 17.0. The van der Waals surface area contributed by atoms with Crippen LogP contribution in [0.5, 0.6) is 5.75 Å². The van der Waals surface area contributed by atoms with E-state index in [1.807, 2.05) is 42.5 Å². The minimum absolute atomic E-state index is 0.0575. The average molecular weight is 434 g/mol. The van der Waals surface area contributed by atoms with E-state index in [-0.39, 0.29) is 18.9 Å². The highest BCUT2D eigenvalue weighted by molar-refractivity contribution is 8.26. The van der Waals surface area contributed by atoms with Crippen molar-refractivity contribution in [3.63, 3.8) is 0 Å². The Balaban J connectivity index is 1.77. The summed E-state index contributed by atoms with van der Waals surface area (Å²) in [4.78, 5) is 25.1. The van der Waals surface area contributed by atoms with Crippen LogP contribution in [0.1, 0.15) is 17.5 Å². The lowest BCUT2D eigenvalue weighted by molar-refractivity contribution is -0.137. The fraction of sp³-hybridized carbons (Fsp3) is 0.150. The van der Waals surface area contributed by atoms with Crippen molar-refractivity contribution < 1.29 is 19.4 Å². The third-order valence-electron chi connectivity index (χ3n) is 3.97. The quantitative estimate of drug-likeness (QED) is 0.508. The van der Waals surface area contributed by atoms with Gasteiger partial charge in [0.15, 0.2) is 0 Å². The molecule has 28 heavy (non-hydrogen) atoms. The predicted molar refractivity (Wildman–Crippen MR) is 114 cm³/mol. The van der Waals surface area contributed by atoms with Crippen LogP contribution in [-0.2, 0) is 16.2 Å². The first-order valence-electron chi connectivity index (χ1n) is 8.38. The van der Waals surface area contributed by atoms with Gasteiger partial charge in [0, 0.05) is 22.7 Å². The minimum Gasteiger partial charge on any atom is -0.488 e. The number of carbonyl (C=O) groups excluding carboxylic acids is 1. The zero-order chi connectivity index (χ0) is 20.1. The van der Waals surface area contributed by atoms with Gasteiger partial charge >= 0.3 is 5.97 Å². The number of carbonyl (C=O) groups is 2. The Morgan fingerprint density at radius 2 is 1.93 bits per heavy atom. The van der Waals surface area contributed by atoms with E-state index >= 15 is 0 Å². The van der Waals surface area contributed by atoms with E-state index in [1.54, 1.807) is 12.1 Å². The summed E-state index contributed by atoms with van der Waals surface area (Å²) in [5.41, 5.74) is 1.59. The maximum Gasteiger partial charge on any atom is 0.305 e. The van der Waals surface area contributed by atoms with Crippen LogP contribution in [0.25, 0.3) is 6.08 Å². The molecule has 5 nitrogen and oxygen atoms in total. The molecule has 8 heteroatoms. The fourth-order valence-electron chi connectivity index (χ4n) is 2.54. The highest BCUT2D eigenvalue weighted by Crippen LogP contribution is 2.34. The molecular weight excluding hydrogens is 418 g/mol. The Hall–Kier alpha value is -2.35. The Kier molecular flexibility index (Phi) is 6.72. The molecule has 0 aromatic heterocycles. The maximum atomic E-state index is 12.6. The molecule has 1 amide bonds. The number of halogens is 1. The van der Waals surface area contributed by atoms with Crippen molar-refractivity contribution in [1.29, 1.82) is 0 Å². The molecule has 0 aliphatic carbocycles. The average Bonchev–Trinajstić information content (AvgIpc) is 2.93. The Bertz CT molecular complexity index is 961. The van der Waals surface area contributed by atoms with Crippen LogP contribution in [0, 0.1) is 0 Å². The third-order valence-corrected chi connectivity index (χ3v) is 5.72. The number of thiocarbonyl (C=S) groups is 1. The van der Waals surface area contributed by atoms with Crippen molar-refractivity contribution in [3.8, 4) is 5.75 Å². The highest BCUT2D eigenvalue weighted by atomic mass is 35.5. The Morgan fingerprint density at radius 3 is 2.68 bits per heavy atom. The molecule has 3 rings (SSSR count). The molecule has 1 fully saturated rings. The lowest BCUT2D eigenvalue weighted by Crippen LogP contribution is -2.30. The van der Waals surface area contributed by atoms with Gasteiger partial charge in [0.2, 0.25) is 0 Å². The van der Waals surface area contributed by atoms with Crippen molar-refractivity contribution in [2.75, 3.05) is 6.54 Å². The van der Waals surface area contributed by atoms with Gasteiger partial charge < -0.3 is 9.84 Å². The van der Waals surface area contributed by atoms with Crippen LogP contribution >= 0.6 is 35.6 Å². The number of aliphatic carboxylic acids is 1. The van der Waals surface area contributed by atoms with Gasteiger partial charge in [0.1, 0.15) is 16.7 Å². The number of carboxylic acids is 1. The van der Waals surface area contributed by atoms with Gasteiger partial charge in [-0.3, -0.25) is 14.5 Å². The van der Waals surface area contributed by atoms with Gasteiger partial charge in [-0.2, -0.15) is 0 Å². The van der Waals surface area contributed by atoms with Crippen LogP contribution in [0.15, 0.2) is 53.4 Å². The van der Waals surface area contributed by atoms with Gasteiger partial charge in [-0.1, -0.05) is 72.0 Å². The topological polar surface area (TPSA) is 66.8 Å². The predicted octanol–water partition coefficient (Wildman–Crippen LogP) is 4.59. The van der Waals surface area contributed by atoms with E-state index < -0.39 is 5.97 Å². The second kappa shape index (κ2) is 9.23. The molecule has 1 aliphatic rings. The monoisotopic (exact) mass is 433 g/mol. The van der Waals surface area contributed by atoms with Crippen LogP contribution in [0.4, 0.5) is 0 Å². The lowest BCUT2D eigenvalue weighted by atomic mass is 10.1. The number of hydrogen-bond acceptors (Lipinski definition) is 5. The van der Waals surface area contributed by atoms with E-state index in [2.05, 4.69) is 0 Å². The molecule has 0 saturated carbocycles. The molecule has 144 valence electrons. The number of benzene rings is 2. The van der Waals surface area contributed by atoms with Crippen LogP contribution in [-0.4, -0.2) is 32.7 Å². The molecule has 1 heterocycles. The molecule has 0 radical (unpaired) electrons. The molecule has 1 saturated heterocycles. The first-order chi connectivity index (χ1) is 13.5. The first-order valence-corrected chi connectivity index (χ1v) is 9.98. The minimum atomic E-state index is -0.976. The summed E-state index contributed by atoms with van der Waals surface area (Å²) in [6, 6.07) is 14.8. The summed E-state index contributed by atoms with van der Waals surface area (Å²) in [5, 5.41) is 9.45. The number of ether oxygens (including phenoxy) is 1. The molecule has 2 aromatic carbocycles. The number of carboxylic acid groups (broad SMARTS) is 1. The number of nitrogens with zero attached hydrogens (tertiary/aromatic N) is 1. The number of hydrogen-bond donors (Lipinski definition) is 1. The van der Waals surface area contributed by atoms with Crippen LogP contribution < -0.4 is 4.74 Å². The van der Waals surface area contributed by atoms with Gasteiger partial charge in [0.25, 0.3) is 5.91 Å². The summed E-state index contributed by atoms with van der Waals surface area (Å²) in [6.45, 7) is 0.353. The molecule has 1 aliphatic heterocycles. The van der Waals surface area contributed by atoms with Crippen LogP contribution in [0.2, 0.25) is 5.02 Å². The summed E-state index contributed by atoms with van der Waals surface area (Å²) in [7, 11) is 0.